The van der Waals surface area contributed by atoms with Crippen LogP contribution in [0.4, 0.5) is 5.69 Å². The third kappa shape index (κ3) is 5.34. The second-order valence-corrected chi connectivity index (χ2v) is 7.75. The van der Waals surface area contributed by atoms with Crippen LogP contribution in [0.3, 0.4) is 0 Å². The van der Waals surface area contributed by atoms with Gasteiger partial charge in [0.05, 0.1) is 18.5 Å². The standard InChI is InChI=1S/C20H18BrN3O3S/c1-27-16-8-6-15(7-9-16)22-12-19(25)23-24-20(26)18-11-10-17(28-18)13-2-4-14(21)5-3-13/h2-11,22H,12H2,1H3,(H,23,25)(H,24,26). The zero-order valence-corrected chi connectivity index (χ0v) is 17.4. The third-order valence-electron chi connectivity index (χ3n) is 3.82. The monoisotopic (exact) mass is 459 g/mol. The van der Waals surface area contributed by atoms with Crippen LogP contribution in [0.5, 0.6) is 5.75 Å². The lowest BCUT2D eigenvalue weighted by atomic mass is 10.2. The van der Waals surface area contributed by atoms with Gasteiger partial charge < -0.3 is 10.1 Å². The first-order valence-corrected chi connectivity index (χ1v) is 9.99. The zero-order valence-electron chi connectivity index (χ0n) is 15.0. The van der Waals surface area contributed by atoms with Gasteiger partial charge in [-0.1, -0.05) is 28.1 Å². The molecule has 0 fully saturated rings. The van der Waals surface area contributed by atoms with Gasteiger partial charge in [0.1, 0.15) is 5.75 Å². The maximum atomic E-state index is 12.2. The Morgan fingerprint density at radius 1 is 0.964 bits per heavy atom. The molecule has 0 saturated heterocycles. The van der Waals surface area contributed by atoms with Crippen LogP contribution >= 0.6 is 27.3 Å². The number of carbonyl (C=O) groups excluding carboxylic acids is 2. The van der Waals surface area contributed by atoms with E-state index in [0.29, 0.717) is 4.88 Å². The van der Waals surface area contributed by atoms with Gasteiger partial charge in [-0.3, -0.25) is 20.4 Å². The molecule has 8 heteroatoms. The van der Waals surface area contributed by atoms with Gasteiger partial charge in [0.2, 0.25) is 0 Å². The van der Waals surface area contributed by atoms with E-state index in [1.165, 1.54) is 11.3 Å². The lowest BCUT2D eigenvalue weighted by Crippen LogP contribution is -2.43. The summed E-state index contributed by atoms with van der Waals surface area (Å²) in [6, 6.07) is 18.7. The fourth-order valence-corrected chi connectivity index (χ4v) is 3.52. The molecule has 0 saturated carbocycles. The van der Waals surface area contributed by atoms with Gasteiger partial charge in [-0.25, -0.2) is 0 Å². The SMILES string of the molecule is COc1ccc(NCC(=O)NNC(=O)c2ccc(-c3ccc(Br)cc3)s2)cc1. The van der Waals surface area contributed by atoms with Gasteiger partial charge in [-0.05, 0) is 54.1 Å². The van der Waals surface area contributed by atoms with E-state index in [2.05, 4.69) is 32.1 Å². The molecule has 0 aliphatic heterocycles. The molecule has 0 atom stereocenters. The van der Waals surface area contributed by atoms with Crippen molar-refractivity contribution in [3.8, 4) is 16.2 Å². The van der Waals surface area contributed by atoms with Crippen molar-refractivity contribution in [1.82, 2.24) is 10.9 Å². The molecule has 144 valence electrons. The molecule has 0 aliphatic carbocycles. The number of rotatable bonds is 6. The average Bonchev–Trinajstić information content (AvgIpc) is 3.21. The highest BCUT2D eigenvalue weighted by molar-refractivity contribution is 9.10. The van der Waals surface area contributed by atoms with Crippen LogP contribution in [0.1, 0.15) is 9.67 Å². The number of thiophene rings is 1. The summed E-state index contributed by atoms with van der Waals surface area (Å²) < 4.78 is 6.08. The summed E-state index contributed by atoms with van der Waals surface area (Å²) in [7, 11) is 1.59. The summed E-state index contributed by atoms with van der Waals surface area (Å²) in [4.78, 5) is 25.6. The number of hydrazine groups is 1. The molecule has 3 N–H and O–H groups in total. The topological polar surface area (TPSA) is 79.5 Å². The molecule has 2 aromatic carbocycles. The van der Waals surface area contributed by atoms with Crippen LogP contribution in [0.15, 0.2) is 65.1 Å². The van der Waals surface area contributed by atoms with Crippen molar-refractivity contribution in [3.63, 3.8) is 0 Å². The first-order chi connectivity index (χ1) is 13.5. The predicted octanol–water partition coefficient (Wildman–Crippen LogP) is 4.06. The third-order valence-corrected chi connectivity index (χ3v) is 5.48. The molecule has 6 nitrogen and oxygen atoms in total. The Hall–Kier alpha value is -2.84. The first-order valence-electron chi connectivity index (χ1n) is 8.38. The predicted molar refractivity (Wildman–Crippen MR) is 115 cm³/mol. The lowest BCUT2D eigenvalue weighted by molar-refractivity contribution is -0.120. The fourth-order valence-electron chi connectivity index (χ4n) is 2.35. The average molecular weight is 460 g/mol. The minimum Gasteiger partial charge on any atom is -0.497 e. The van der Waals surface area contributed by atoms with Crippen LogP contribution < -0.4 is 20.9 Å². The Bertz CT molecular complexity index is 956. The number of amides is 2. The van der Waals surface area contributed by atoms with E-state index in [1.807, 2.05) is 30.3 Å². The molecular weight excluding hydrogens is 442 g/mol. The van der Waals surface area contributed by atoms with Crippen LogP contribution in [0.2, 0.25) is 0 Å². The summed E-state index contributed by atoms with van der Waals surface area (Å²) >= 11 is 4.76. The van der Waals surface area contributed by atoms with E-state index in [-0.39, 0.29) is 18.4 Å². The van der Waals surface area contributed by atoms with Crippen molar-refractivity contribution in [2.45, 2.75) is 0 Å². The van der Waals surface area contributed by atoms with Gasteiger partial charge in [-0.15, -0.1) is 11.3 Å². The van der Waals surface area contributed by atoms with Crippen molar-refractivity contribution in [3.05, 3.63) is 70.0 Å². The number of ether oxygens (including phenoxy) is 1. The van der Waals surface area contributed by atoms with Gasteiger partial charge >= 0.3 is 0 Å². The molecule has 28 heavy (non-hydrogen) atoms. The smallest absolute Gasteiger partial charge is 0.279 e. The number of carbonyl (C=O) groups is 2. The summed E-state index contributed by atoms with van der Waals surface area (Å²) in [6.07, 6.45) is 0. The number of anilines is 1. The summed E-state index contributed by atoms with van der Waals surface area (Å²) in [5.74, 6) is 0.0285. The van der Waals surface area contributed by atoms with Gasteiger partial charge in [0, 0.05) is 15.0 Å². The van der Waals surface area contributed by atoms with Crippen LogP contribution in [0.25, 0.3) is 10.4 Å². The molecule has 0 unspecified atom stereocenters. The summed E-state index contributed by atoms with van der Waals surface area (Å²) in [5, 5.41) is 2.97. The molecule has 0 radical (unpaired) electrons. The minimum atomic E-state index is -0.355. The Kier molecular flexibility index (Phi) is 6.67. The van der Waals surface area contributed by atoms with Crippen LogP contribution in [0, 0.1) is 0 Å². The highest BCUT2D eigenvalue weighted by Gasteiger charge is 2.11. The maximum absolute atomic E-state index is 12.2. The number of methoxy groups -OCH3 is 1. The summed E-state index contributed by atoms with van der Waals surface area (Å²) in [6.45, 7) is 0.0290. The maximum Gasteiger partial charge on any atom is 0.279 e. The second-order valence-electron chi connectivity index (χ2n) is 5.76. The van der Waals surface area contributed by atoms with Crippen LogP contribution in [-0.2, 0) is 4.79 Å². The quantitative estimate of drug-likeness (QED) is 0.485. The van der Waals surface area contributed by atoms with Crippen molar-refractivity contribution >= 4 is 44.8 Å². The molecule has 0 spiro atoms. The first kappa shape index (κ1) is 19.9. The Morgan fingerprint density at radius 3 is 2.36 bits per heavy atom. The number of halogens is 1. The second kappa shape index (κ2) is 9.38. The van der Waals surface area contributed by atoms with Gasteiger partial charge in [0.15, 0.2) is 0 Å². The highest BCUT2D eigenvalue weighted by atomic mass is 79.9. The normalized spacial score (nSPS) is 10.2. The highest BCUT2D eigenvalue weighted by Crippen LogP contribution is 2.29. The van der Waals surface area contributed by atoms with E-state index in [9.17, 15) is 9.59 Å². The van der Waals surface area contributed by atoms with Crippen molar-refractivity contribution in [2.75, 3.05) is 19.0 Å². The van der Waals surface area contributed by atoms with E-state index in [1.54, 1.807) is 37.4 Å². The Balaban J connectivity index is 1.48. The van der Waals surface area contributed by atoms with Crippen LogP contribution in [-0.4, -0.2) is 25.5 Å². The molecule has 0 bridgehead atoms. The number of hydrogen-bond donors (Lipinski definition) is 3. The van der Waals surface area contributed by atoms with Gasteiger partial charge in [-0.2, -0.15) is 0 Å². The van der Waals surface area contributed by atoms with E-state index < -0.39 is 0 Å². The molecule has 2 amide bonds. The van der Waals surface area contributed by atoms with Crippen molar-refractivity contribution in [2.24, 2.45) is 0 Å². The molecule has 1 heterocycles. The fraction of sp³-hybridized carbons (Fsp3) is 0.100. The number of nitrogens with one attached hydrogen (secondary N) is 3. The van der Waals surface area contributed by atoms with Gasteiger partial charge in [0.25, 0.3) is 11.8 Å². The number of benzene rings is 2. The van der Waals surface area contributed by atoms with E-state index in [4.69, 9.17) is 4.74 Å². The molecular formula is C20H18BrN3O3S. The largest absolute Gasteiger partial charge is 0.497 e. The Morgan fingerprint density at radius 2 is 1.68 bits per heavy atom. The minimum absolute atomic E-state index is 0.0290. The van der Waals surface area contributed by atoms with E-state index >= 15 is 0 Å². The zero-order chi connectivity index (χ0) is 19.9. The molecule has 3 aromatic rings. The molecule has 0 aliphatic rings. The van der Waals surface area contributed by atoms with Crippen molar-refractivity contribution < 1.29 is 14.3 Å². The lowest BCUT2D eigenvalue weighted by Gasteiger charge is -2.09. The summed E-state index contributed by atoms with van der Waals surface area (Å²) in [5.41, 5.74) is 6.64. The van der Waals surface area contributed by atoms with Crippen molar-refractivity contribution in [1.29, 1.82) is 0 Å². The van der Waals surface area contributed by atoms with E-state index in [0.717, 1.165) is 26.4 Å². The molecule has 1 aromatic heterocycles. The number of hydrogen-bond acceptors (Lipinski definition) is 5. The Labute approximate surface area is 175 Å². The molecule has 3 rings (SSSR count).